The van der Waals surface area contributed by atoms with Crippen molar-refractivity contribution in [2.45, 2.75) is 107 Å². The van der Waals surface area contributed by atoms with Gasteiger partial charge >= 0.3 is 0 Å². The Bertz CT molecular complexity index is 2170. The van der Waals surface area contributed by atoms with E-state index < -0.39 is 11.5 Å². The van der Waals surface area contributed by atoms with Crippen LogP contribution in [-0.4, -0.2) is 41.0 Å². The van der Waals surface area contributed by atoms with E-state index in [0.29, 0.717) is 34.4 Å². The summed E-state index contributed by atoms with van der Waals surface area (Å²) >= 11 is 0. The second-order valence-electron chi connectivity index (χ2n) is 15.9. The Morgan fingerprint density at radius 2 is 1.41 bits per heavy atom. The first-order valence-corrected chi connectivity index (χ1v) is 21.3. The molecule has 0 radical (unpaired) electrons. The van der Waals surface area contributed by atoms with Crippen LogP contribution >= 0.6 is 0 Å². The predicted molar refractivity (Wildman–Crippen MR) is 237 cm³/mol. The number of hydrogen-bond acceptors (Lipinski definition) is 5. The highest BCUT2D eigenvalue weighted by molar-refractivity contribution is 6.40. The van der Waals surface area contributed by atoms with E-state index in [0.717, 1.165) is 98.4 Å². The molecule has 2 N–H and O–H groups in total. The Balaban J connectivity index is 1.61. The van der Waals surface area contributed by atoms with Gasteiger partial charge in [0, 0.05) is 83.7 Å². The average Bonchev–Trinajstić information content (AvgIpc) is 3.20. The third-order valence-corrected chi connectivity index (χ3v) is 11.5. The average molecular weight is 783 g/mol. The number of unbranched alkanes of at least 4 members (excludes halogenated alkanes) is 2. The van der Waals surface area contributed by atoms with E-state index in [1.54, 1.807) is 12.1 Å². The van der Waals surface area contributed by atoms with Crippen LogP contribution in [0.15, 0.2) is 108 Å². The van der Waals surface area contributed by atoms with Crippen LogP contribution in [0.1, 0.15) is 110 Å². The van der Waals surface area contributed by atoms with Crippen LogP contribution < -0.4 is 20.6 Å². The molecule has 58 heavy (non-hydrogen) atoms. The van der Waals surface area contributed by atoms with Gasteiger partial charge in [-0.3, -0.25) is 14.4 Å². The number of Topliss-reactive ketones (excluding diaryl/α,β-unsaturated/α-hetero) is 1. The number of nitrogens with one attached hydrogen (secondary N) is 2. The minimum atomic E-state index is -0.425. The summed E-state index contributed by atoms with van der Waals surface area (Å²) in [5, 5.41) is 20.1. The summed E-state index contributed by atoms with van der Waals surface area (Å²) in [7, 11) is 0. The fourth-order valence-electron chi connectivity index (χ4n) is 8.07. The van der Waals surface area contributed by atoms with Gasteiger partial charge in [-0.2, -0.15) is 4.58 Å². The van der Waals surface area contributed by atoms with Crippen LogP contribution in [0.2, 0.25) is 0 Å². The van der Waals surface area contributed by atoms with Gasteiger partial charge in [0.15, 0.2) is 12.3 Å². The zero-order valence-corrected chi connectivity index (χ0v) is 35.8. The van der Waals surface area contributed by atoms with Crippen molar-refractivity contribution in [2.24, 2.45) is 11.8 Å². The fourth-order valence-corrected chi connectivity index (χ4v) is 8.07. The molecule has 3 aromatic carbocycles. The number of hydrogen-bond donors (Lipinski definition) is 2. The van der Waals surface area contributed by atoms with Crippen LogP contribution in [-0.2, 0) is 14.4 Å². The van der Waals surface area contributed by atoms with E-state index >= 15 is 0 Å². The first-order chi connectivity index (χ1) is 27.9. The Kier molecular flexibility index (Phi) is 15.2. The minimum absolute atomic E-state index is 0.0169. The summed E-state index contributed by atoms with van der Waals surface area (Å²) in [5.74, 6) is -0.557. The van der Waals surface area contributed by atoms with Gasteiger partial charge in [-0.1, -0.05) is 108 Å². The van der Waals surface area contributed by atoms with Gasteiger partial charge in [0.1, 0.15) is 0 Å². The summed E-state index contributed by atoms with van der Waals surface area (Å²) in [5.41, 5.74) is 7.71. The minimum Gasteiger partial charge on any atom is -0.871 e. The molecular formula is C50H62N4O4. The molecule has 2 unspecified atom stereocenters. The van der Waals surface area contributed by atoms with Crippen molar-refractivity contribution < 1.29 is 24.1 Å². The number of amides is 2. The molecule has 2 amide bonds. The number of carbonyl (C=O) groups is 3. The SMILES string of the molecule is CCCCC(CC)CN(c1ccc(C2=C([O-])/C(=C3C=C/C(=[N+](\CC(CC)CCCC)c4ccccc4C)C=C\3NC(C)=O)C2=O)c(NC(C)=O)c1)c1ccccc1C. The van der Waals surface area contributed by atoms with E-state index in [9.17, 15) is 19.5 Å². The van der Waals surface area contributed by atoms with Gasteiger partial charge < -0.3 is 20.6 Å². The number of ketones is 1. The largest absolute Gasteiger partial charge is 0.871 e. The van der Waals surface area contributed by atoms with Crippen LogP contribution in [0.5, 0.6) is 0 Å². The summed E-state index contributed by atoms with van der Waals surface area (Å²) in [6, 6.07) is 22.1. The van der Waals surface area contributed by atoms with E-state index in [-0.39, 0.29) is 23.0 Å². The van der Waals surface area contributed by atoms with Crippen molar-refractivity contribution in [3.8, 4) is 0 Å². The molecule has 2 aliphatic carbocycles. The summed E-state index contributed by atoms with van der Waals surface area (Å²) in [6.45, 7) is 17.5. The quantitative estimate of drug-likeness (QED) is 0.0988. The number of nitrogens with zero attached hydrogens (tertiary/aromatic N) is 2. The molecule has 0 saturated carbocycles. The molecular weight excluding hydrogens is 721 g/mol. The normalized spacial score (nSPS) is 17.0. The van der Waals surface area contributed by atoms with Crippen LogP contribution in [0.3, 0.4) is 0 Å². The molecule has 0 fully saturated rings. The molecule has 2 aliphatic rings. The van der Waals surface area contributed by atoms with Crippen LogP contribution in [0.25, 0.3) is 5.57 Å². The van der Waals surface area contributed by atoms with Gasteiger partial charge in [-0.05, 0) is 68.9 Å². The molecule has 8 nitrogen and oxygen atoms in total. The van der Waals surface area contributed by atoms with Crippen molar-refractivity contribution in [1.29, 1.82) is 0 Å². The lowest BCUT2D eigenvalue weighted by molar-refractivity contribution is -0.449. The molecule has 0 bridgehead atoms. The van der Waals surface area contributed by atoms with Crippen molar-refractivity contribution in [3.05, 3.63) is 124 Å². The number of rotatable bonds is 18. The first kappa shape index (κ1) is 43.6. The third kappa shape index (κ3) is 10.1. The molecule has 0 aliphatic heterocycles. The second-order valence-corrected chi connectivity index (χ2v) is 15.9. The van der Waals surface area contributed by atoms with E-state index in [1.165, 1.54) is 13.8 Å². The monoisotopic (exact) mass is 782 g/mol. The van der Waals surface area contributed by atoms with Gasteiger partial charge in [0.2, 0.25) is 23.2 Å². The molecule has 5 rings (SSSR count). The molecule has 0 spiro atoms. The van der Waals surface area contributed by atoms with Crippen molar-refractivity contribution in [1.82, 2.24) is 5.32 Å². The number of carbonyl (C=O) groups excluding carboxylic acids is 3. The number of aryl methyl sites for hydroxylation is 2. The molecule has 2 atom stereocenters. The Morgan fingerprint density at radius 3 is 2.02 bits per heavy atom. The summed E-state index contributed by atoms with van der Waals surface area (Å²) in [6.07, 6.45) is 14.4. The van der Waals surface area contributed by atoms with Crippen molar-refractivity contribution >= 4 is 51.6 Å². The summed E-state index contributed by atoms with van der Waals surface area (Å²) in [4.78, 5) is 41.8. The topological polar surface area (TPSA) is 105 Å². The van der Waals surface area contributed by atoms with E-state index in [4.69, 9.17) is 0 Å². The fraction of sp³-hybridized carbons (Fsp3) is 0.400. The first-order valence-electron chi connectivity index (χ1n) is 21.3. The highest BCUT2D eigenvalue weighted by atomic mass is 16.3. The maximum atomic E-state index is 14.2. The molecule has 8 heteroatoms. The molecule has 306 valence electrons. The maximum absolute atomic E-state index is 14.2. The molecule has 0 saturated heterocycles. The standard InChI is InChI=1S/C50H62N4O4/c1-9-13-21-37(11-3)31-53(45-23-17-15-19-33(45)5)39-25-27-41(43(29-39)51-35(7)55)47-49(57)48(50(47)58)42-28-26-40(30-44(42)52-36(8)56)54(32-38(12-4)22-14-10-2)46-24-18-16-20-34(46)6/h15-20,23-30,37-38H,9-14,21-22,31-32H2,1-8H3,(H2,51,52,55,56,57,58). The van der Waals surface area contributed by atoms with Gasteiger partial charge in [0.05, 0.1) is 11.4 Å². The highest BCUT2D eigenvalue weighted by Gasteiger charge is 2.35. The lowest BCUT2D eigenvalue weighted by Gasteiger charge is -2.35. The highest BCUT2D eigenvalue weighted by Crippen LogP contribution is 2.43. The van der Waals surface area contributed by atoms with E-state index in [1.807, 2.05) is 48.6 Å². The zero-order valence-electron chi connectivity index (χ0n) is 35.8. The van der Waals surface area contributed by atoms with Gasteiger partial charge in [-0.15, -0.1) is 0 Å². The lowest BCUT2D eigenvalue weighted by atomic mass is 9.78. The van der Waals surface area contributed by atoms with Gasteiger partial charge in [-0.25, -0.2) is 0 Å². The second kappa shape index (κ2) is 20.3. The molecule has 0 aromatic heterocycles. The van der Waals surface area contributed by atoms with Crippen LogP contribution in [0.4, 0.5) is 22.7 Å². The number of para-hydroxylation sites is 2. The van der Waals surface area contributed by atoms with Crippen molar-refractivity contribution in [2.75, 3.05) is 23.3 Å². The Morgan fingerprint density at radius 1 is 0.776 bits per heavy atom. The van der Waals surface area contributed by atoms with E-state index in [2.05, 4.69) is 85.9 Å². The number of allylic oxidation sites excluding steroid dienone is 5. The smallest absolute Gasteiger partial charge is 0.221 e. The van der Waals surface area contributed by atoms with Crippen LogP contribution in [0, 0.1) is 25.7 Å². The molecule has 3 aromatic rings. The Hall–Kier alpha value is -5.50. The third-order valence-electron chi connectivity index (χ3n) is 11.5. The lowest BCUT2D eigenvalue weighted by Crippen LogP contribution is -2.34. The predicted octanol–water partition coefficient (Wildman–Crippen LogP) is 10.2. The summed E-state index contributed by atoms with van der Waals surface area (Å²) < 4.78 is 2.29. The van der Waals surface area contributed by atoms with Crippen molar-refractivity contribution in [3.63, 3.8) is 0 Å². The van der Waals surface area contributed by atoms with Gasteiger partial charge in [0.25, 0.3) is 0 Å². The zero-order chi connectivity index (χ0) is 41.9. The number of benzene rings is 3. The molecule has 0 heterocycles. The Labute approximate surface area is 346 Å². The maximum Gasteiger partial charge on any atom is 0.221 e. The number of anilines is 3.